The minimum Gasteiger partial charge on any atom is -0.354 e. The van der Waals surface area contributed by atoms with E-state index >= 15 is 0 Å². The van der Waals surface area contributed by atoms with E-state index in [-0.39, 0.29) is 23.8 Å². The number of likely N-dealkylation sites (tertiary alicyclic amines) is 1. The Labute approximate surface area is 154 Å². The van der Waals surface area contributed by atoms with E-state index in [2.05, 4.69) is 19.8 Å². The van der Waals surface area contributed by atoms with Gasteiger partial charge in [0.25, 0.3) is 0 Å². The maximum absolute atomic E-state index is 13.1. The van der Waals surface area contributed by atoms with Crippen molar-refractivity contribution in [1.29, 1.82) is 0 Å². The van der Waals surface area contributed by atoms with Gasteiger partial charge in [-0.25, -0.2) is 9.97 Å². The van der Waals surface area contributed by atoms with Crippen LogP contribution in [0.5, 0.6) is 0 Å². The van der Waals surface area contributed by atoms with Crippen molar-refractivity contribution in [1.82, 2.24) is 19.8 Å². The van der Waals surface area contributed by atoms with Crippen LogP contribution in [-0.4, -0.2) is 69.8 Å². The third kappa shape index (κ3) is 3.04. The van der Waals surface area contributed by atoms with Gasteiger partial charge in [0.2, 0.25) is 11.8 Å². The van der Waals surface area contributed by atoms with Crippen LogP contribution in [0.25, 0.3) is 0 Å². The molecule has 26 heavy (non-hydrogen) atoms. The number of fused-ring (bicyclic) bond motifs is 2. The molecule has 1 aromatic rings. The molecule has 3 saturated heterocycles. The zero-order chi connectivity index (χ0) is 18.4. The van der Waals surface area contributed by atoms with Crippen LogP contribution in [0.1, 0.15) is 37.7 Å². The number of aryl methyl sites for hydroxylation is 2. The second-order valence-electron chi connectivity index (χ2n) is 7.90. The van der Waals surface area contributed by atoms with Crippen LogP contribution >= 0.6 is 0 Å². The number of rotatable bonds is 2. The Balaban J connectivity index is 1.48. The number of anilines is 1. The van der Waals surface area contributed by atoms with Gasteiger partial charge < -0.3 is 14.7 Å². The van der Waals surface area contributed by atoms with E-state index in [9.17, 15) is 9.59 Å². The molecule has 7 heteroatoms. The van der Waals surface area contributed by atoms with Crippen LogP contribution in [-0.2, 0) is 9.59 Å². The summed E-state index contributed by atoms with van der Waals surface area (Å²) in [6.07, 6.45) is 3.13. The highest BCUT2D eigenvalue weighted by Gasteiger charge is 2.45. The van der Waals surface area contributed by atoms with Crippen LogP contribution in [0.4, 0.5) is 5.82 Å². The fourth-order valence-electron chi connectivity index (χ4n) is 4.60. The number of hydrogen-bond donors (Lipinski definition) is 0. The van der Waals surface area contributed by atoms with Crippen molar-refractivity contribution in [3.63, 3.8) is 0 Å². The third-order valence-corrected chi connectivity index (χ3v) is 5.99. The van der Waals surface area contributed by atoms with Crippen LogP contribution in [0.15, 0.2) is 6.07 Å². The van der Waals surface area contributed by atoms with Crippen LogP contribution in [0.2, 0.25) is 0 Å². The SMILES string of the molecule is CC(=O)N1CC(C(=O)N2C3CCC2CN(c2cc(C)nc(C)n2)CC3)C1. The number of amides is 2. The van der Waals surface area contributed by atoms with E-state index in [1.165, 1.54) is 0 Å². The van der Waals surface area contributed by atoms with E-state index in [1.807, 2.05) is 19.9 Å². The predicted octanol–water partition coefficient (Wildman–Crippen LogP) is 1.14. The van der Waals surface area contributed by atoms with E-state index in [4.69, 9.17) is 0 Å². The molecule has 140 valence electrons. The summed E-state index contributed by atoms with van der Waals surface area (Å²) in [7, 11) is 0. The van der Waals surface area contributed by atoms with Gasteiger partial charge >= 0.3 is 0 Å². The molecule has 0 N–H and O–H groups in total. The number of aromatic nitrogens is 2. The predicted molar refractivity (Wildman–Crippen MR) is 97.7 cm³/mol. The Kier molecular flexibility index (Phi) is 4.32. The lowest BCUT2D eigenvalue weighted by molar-refractivity contribution is -0.149. The average Bonchev–Trinajstić information content (AvgIpc) is 2.78. The first-order valence-corrected chi connectivity index (χ1v) is 9.57. The second kappa shape index (κ2) is 6.52. The van der Waals surface area contributed by atoms with Crippen molar-refractivity contribution < 1.29 is 9.59 Å². The maximum atomic E-state index is 13.1. The molecule has 1 aromatic heterocycles. The molecule has 2 atom stereocenters. The average molecular weight is 357 g/mol. The third-order valence-electron chi connectivity index (χ3n) is 5.99. The summed E-state index contributed by atoms with van der Waals surface area (Å²) >= 11 is 0. The van der Waals surface area contributed by atoms with Crippen molar-refractivity contribution in [2.75, 3.05) is 31.1 Å². The lowest BCUT2D eigenvalue weighted by atomic mass is 9.97. The highest BCUT2D eigenvalue weighted by atomic mass is 16.2. The number of hydrogen-bond acceptors (Lipinski definition) is 5. The molecule has 3 aliphatic rings. The van der Waals surface area contributed by atoms with E-state index in [0.717, 1.165) is 49.7 Å². The molecule has 0 aromatic carbocycles. The molecule has 2 amide bonds. The van der Waals surface area contributed by atoms with Crippen molar-refractivity contribution in [3.05, 3.63) is 17.6 Å². The molecule has 2 bridgehead atoms. The summed E-state index contributed by atoms with van der Waals surface area (Å²) in [5, 5.41) is 0. The zero-order valence-corrected chi connectivity index (χ0v) is 15.8. The fourth-order valence-corrected chi connectivity index (χ4v) is 4.60. The number of carbonyl (C=O) groups is 2. The normalized spacial score (nSPS) is 25.9. The standard InChI is InChI=1S/C19H27N5O2/c1-12-8-18(21-13(2)20-12)22-7-6-16-4-5-17(11-22)24(16)19(26)15-9-23(10-15)14(3)25/h8,15-17H,4-7,9-11H2,1-3H3. The molecule has 0 aliphatic carbocycles. The van der Waals surface area contributed by atoms with Crippen LogP contribution < -0.4 is 4.90 Å². The molecule has 0 saturated carbocycles. The fraction of sp³-hybridized carbons (Fsp3) is 0.684. The topological polar surface area (TPSA) is 69.6 Å². The Hall–Kier alpha value is -2.18. The van der Waals surface area contributed by atoms with Gasteiger partial charge in [-0.3, -0.25) is 9.59 Å². The summed E-state index contributed by atoms with van der Waals surface area (Å²) in [5.74, 6) is 2.06. The molecule has 0 spiro atoms. The van der Waals surface area contributed by atoms with E-state index < -0.39 is 0 Å². The maximum Gasteiger partial charge on any atom is 0.229 e. The second-order valence-corrected chi connectivity index (χ2v) is 7.90. The van der Waals surface area contributed by atoms with Crippen LogP contribution in [0.3, 0.4) is 0 Å². The molecule has 4 rings (SSSR count). The monoisotopic (exact) mass is 357 g/mol. The highest BCUT2D eigenvalue weighted by Crippen LogP contribution is 2.34. The Morgan fingerprint density at radius 3 is 2.46 bits per heavy atom. The number of nitrogens with zero attached hydrogens (tertiary/aromatic N) is 5. The molecular weight excluding hydrogens is 330 g/mol. The molecule has 2 unspecified atom stereocenters. The van der Waals surface area contributed by atoms with Gasteiger partial charge in [0.05, 0.1) is 5.92 Å². The lowest BCUT2D eigenvalue weighted by Gasteiger charge is -2.41. The van der Waals surface area contributed by atoms with Crippen molar-refractivity contribution in [2.24, 2.45) is 5.92 Å². The first-order valence-electron chi connectivity index (χ1n) is 9.57. The summed E-state index contributed by atoms with van der Waals surface area (Å²) in [6, 6.07) is 2.61. The zero-order valence-electron chi connectivity index (χ0n) is 15.8. The minimum absolute atomic E-state index is 0.0166. The van der Waals surface area contributed by atoms with Gasteiger partial charge in [-0.05, 0) is 33.1 Å². The molecule has 3 fully saturated rings. The van der Waals surface area contributed by atoms with E-state index in [1.54, 1.807) is 11.8 Å². The van der Waals surface area contributed by atoms with Crippen molar-refractivity contribution in [3.8, 4) is 0 Å². The van der Waals surface area contributed by atoms with Gasteiger partial charge in [-0.15, -0.1) is 0 Å². The van der Waals surface area contributed by atoms with Gasteiger partial charge in [-0.2, -0.15) is 0 Å². The quantitative estimate of drug-likeness (QED) is 0.794. The van der Waals surface area contributed by atoms with Crippen molar-refractivity contribution in [2.45, 2.75) is 52.1 Å². The minimum atomic E-state index is -0.0166. The molecule has 4 heterocycles. The molecular formula is C19H27N5O2. The molecule has 3 aliphatic heterocycles. The molecule has 7 nitrogen and oxygen atoms in total. The lowest BCUT2D eigenvalue weighted by Crippen LogP contribution is -2.58. The van der Waals surface area contributed by atoms with Crippen LogP contribution in [0, 0.1) is 19.8 Å². The summed E-state index contributed by atoms with van der Waals surface area (Å²) in [6.45, 7) is 8.41. The molecule has 0 radical (unpaired) electrons. The summed E-state index contributed by atoms with van der Waals surface area (Å²) < 4.78 is 0. The Morgan fingerprint density at radius 2 is 1.77 bits per heavy atom. The first-order chi connectivity index (χ1) is 12.4. The first kappa shape index (κ1) is 17.2. The Morgan fingerprint density at radius 1 is 1.04 bits per heavy atom. The summed E-state index contributed by atoms with van der Waals surface area (Å²) in [5.41, 5.74) is 0.980. The Bertz CT molecular complexity index is 710. The largest absolute Gasteiger partial charge is 0.354 e. The summed E-state index contributed by atoms with van der Waals surface area (Å²) in [4.78, 5) is 39.7. The van der Waals surface area contributed by atoms with Gasteiger partial charge in [0, 0.05) is 56.9 Å². The smallest absolute Gasteiger partial charge is 0.229 e. The van der Waals surface area contributed by atoms with Gasteiger partial charge in [0.15, 0.2) is 0 Å². The van der Waals surface area contributed by atoms with Gasteiger partial charge in [0.1, 0.15) is 11.6 Å². The number of carbonyl (C=O) groups excluding carboxylic acids is 2. The van der Waals surface area contributed by atoms with Crippen molar-refractivity contribution >= 4 is 17.6 Å². The van der Waals surface area contributed by atoms with E-state index in [0.29, 0.717) is 19.1 Å². The van der Waals surface area contributed by atoms with Gasteiger partial charge in [-0.1, -0.05) is 0 Å². The highest BCUT2D eigenvalue weighted by molar-refractivity contribution is 5.84.